The summed E-state index contributed by atoms with van der Waals surface area (Å²) in [4.78, 5) is 24.8. The van der Waals surface area contributed by atoms with Gasteiger partial charge < -0.3 is 14.9 Å². The number of ether oxygens (including phenoxy) is 1. The molecule has 1 aromatic rings. The van der Waals surface area contributed by atoms with Crippen molar-refractivity contribution in [1.29, 1.82) is 0 Å². The average molecular weight is 256 g/mol. The third kappa shape index (κ3) is 1.90. The van der Waals surface area contributed by atoms with Gasteiger partial charge in [0.1, 0.15) is 12.3 Å². The van der Waals surface area contributed by atoms with Gasteiger partial charge in [-0.3, -0.25) is 14.3 Å². The van der Waals surface area contributed by atoms with E-state index in [4.69, 9.17) is 9.84 Å². The van der Waals surface area contributed by atoms with E-state index in [2.05, 4.69) is 4.98 Å². The maximum atomic E-state index is 11.7. The summed E-state index contributed by atoms with van der Waals surface area (Å²) in [6.07, 6.45) is -1.07. The topological polar surface area (TPSA) is 105 Å². The molecule has 3 atom stereocenters. The SMILES string of the molecule is CC1(C)[C@H](O)C(CO)O[C@@H]1n1ccc(=O)[nH]c1=O. The largest absolute Gasteiger partial charge is 0.394 e. The first-order chi connectivity index (χ1) is 8.37. The Morgan fingerprint density at radius 2 is 2.17 bits per heavy atom. The van der Waals surface area contributed by atoms with Gasteiger partial charge in [0, 0.05) is 17.7 Å². The van der Waals surface area contributed by atoms with Crippen molar-refractivity contribution >= 4 is 0 Å². The van der Waals surface area contributed by atoms with E-state index in [0.717, 1.165) is 0 Å². The Morgan fingerprint density at radius 3 is 2.67 bits per heavy atom. The third-order valence-electron chi connectivity index (χ3n) is 3.34. The van der Waals surface area contributed by atoms with E-state index in [1.807, 2.05) is 0 Å². The van der Waals surface area contributed by atoms with Gasteiger partial charge in [0.25, 0.3) is 5.56 Å². The minimum atomic E-state index is -0.897. The van der Waals surface area contributed by atoms with Crippen LogP contribution in [0.4, 0.5) is 0 Å². The number of hydrogen-bond donors (Lipinski definition) is 3. The quantitative estimate of drug-likeness (QED) is 0.617. The van der Waals surface area contributed by atoms with E-state index in [9.17, 15) is 14.7 Å². The molecule has 2 rings (SSSR count). The number of nitrogens with one attached hydrogen (secondary N) is 1. The van der Waals surface area contributed by atoms with Gasteiger partial charge in [-0.15, -0.1) is 0 Å². The van der Waals surface area contributed by atoms with Crippen LogP contribution in [-0.2, 0) is 4.74 Å². The lowest BCUT2D eigenvalue weighted by Crippen LogP contribution is -2.39. The van der Waals surface area contributed by atoms with Crippen molar-refractivity contribution < 1.29 is 14.9 Å². The molecular formula is C11H16N2O5. The minimum absolute atomic E-state index is 0.334. The van der Waals surface area contributed by atoms with Crippen molar-refractivity contribution in [3.8, 4) is 0 Å². The first kappa shape index (κ1) is 13.0. The maximum absolute atomic E-state index is 11.7. The van der Waals surface area contributed by atoms with Crippen LogP contribution in [0.1, 0.15) is 20.1 Å². The zero-order valence-corrected chi connectivity index (χ0v) is 10.2. The maximum Gasteiger partial charge on any atom is 0.330 e. The number of aliphatic hydroxyl groups is 2. The molecule has 7 nitrogen and oxygen atoms in total. The summed E-state index contributed by atoms with van der Waals surface area (Å²) in [6.45, 7) is 3.13. The van der Waals surface area contributed by atoms with Crippen molar-refractivity contribution in [2.24, 2.45) is 5.41 Å². The molecule has 18 heavy (non-hydrogen) atoms. The molecule has 1 aliphatic heterocycles. The lowest BCUT2D eigenvalue weighted by molar-refractivity contribution is -0.0530. The molecule has 1 aromatic heterocycles. The number of aromatic nitrogens is 2. The second-order valence-corrected chi connectivity index (χ2v) is 4.99. The normalized spacial score (nSPS) is 30.6. The van der Waals surface area contributed by atoms with Gasteiger partial charge in [-0.25, -0.2) is 4.79 Å². The zero-order valence-electron chi connectivity index (χ0n) is 10.2. The van der Waals surface area contributed by atoms with Crippen LogP contribution in [-0.4, -0.2) is 38.6 Å². The molecule has 0 aliphatic carbocycles. The highest BCUT2D eigenvalue weighted by molar-refractivity contribution is 4.97. The highest BCUT2D eigenvalue weighted by Gasteiger charge is 2.50. The van der Waals surface area contributed by atoms with Crippen LogP contribution in [0.15, 0.2) is 21.9 Å². The lowest BCUT2D eigenvalue weighted by Gasteiger charge is -2.28. The lowest BCUT2D eigenvalue weighted by atomic mass is 9.84. The Balaban J connectivity index is 2.45. The second kappa shape index (κ2) is 4.34. The fraction of sp³-hybridized carbons (Fsp3) is 0.636. The Bertz CT molecular complexity index is 547. The van der Waals surface area contributed by atoms with Gasteiger partial charge in [0.05, 0.1) is 12.7 Å². The van der Waals surface area contributed by atoms with Crippen LogP contribution in [0.2, 0.25) is 0 Å². The van der Waals surface area contributed by atoms with Crippen LogP contribution in [0.3, 0.4) is 0 Å². The average Bonchev–Trinajstić information content (AvgIpc) is 2.52. The first-order valence-corrected chi connectivity index (χ1v) is 5.64. The Hall–Kier alpha value is -1.44. The standard InChI is InChI=1S/C11H16N2O5/c1-11(2)8(16)6(5-14)18-9(11)13-4-3-7(15)12-10(13)17/h3-4,6,8-9,14,16H,5H2,1-2H3,(H,12,15,17)/t6?,8-,9+/m1/s1. The van der Waals surface area contributed by atoms with Crippen LogP contribution >= 0.6 is 0 Å². The molecule has 0 amide bonds. The van der Waals surface area contributed by atoms with E-state index < -0.39 is 35.1 Å². The summed E-state index contributed by atoms with van der Waals surface area (Å²) >= 11 is 0. The van der Waals surface area contributed by atoms with Gasteiger partial charge in [0.2, 0.25) is 0 Å². The predicted molar refractivity (Wildman–Crippen MR) is 62.1 cm³/mol. The van der Waals surface area contributed by atoms with Crippen molar-refractivity contribution in [2.75, 3.05) is 6.61 Å². The smallest absolute Gasteiger partial charge is 0.330 e. The molecule has 0 saturated carbocycles. The molecule has 0 radical (unpaired) electrons. The molecular weight excluding hydrogens is 240 g/mol. The Labute approximate surface area is 103 Å². The fourth-order valence-electron chi connectivity index (χ4n) is 2.22. The van der Waals surface area contributed by atoms with Crippen LogP contribution in [0, 0.1) is 5.41 Å². The zero-order chi connectivity index (χ0) is 13.5. The number of aliphatic hydroxyl groups excluding tert-OH is 2. The molecule has 3 N–H and O–H groups in total. The van der Waals surface area contributed by atoms with Gasteiger partial charge in [0.15, 0.2) is 0 Å². The van der Waals surface area contributed by atoms with E-state index in [0.29, 0.717) is 0 Å². The fourth-order valence-corrected chi connectivity index (χ4v) is 2.22. The molecule has 7 heteroatoms. The number of nitrogens with zero attached hydrogens (tertiary/aromatic N) is 1. The van der Waals surface area contributed by atoms with E-state index in [-0.39, 0.29) is 6.61 Å². The van der Waals surface area contributed by atoms with Crippen LogP contribution in [0.25, 0.3) is 0 Å². The van der Waals surface area contributed by atoms with Crippen molar-refractivity contribution in [2.45, 2.75) is 32.3 Å². The summed E-state index contributed by atoms with van der Waals surface area (Å²) in [5.74, 6) is 0. The van der Waals surface area contributed by atoms with Gasteiger partial charge in [-0.1, -0.05) is 13.8 Å². The van der Waals surface area contributed by atoms with Gasteiger partial charge in [-0.2, -0.15) is 0 Å². The Morgan fingerprint density at radius 1 is 1.50 bits per heavy atom. The van der Waals surface area contributed by atoms with Crippen molar-refractivity contribution in [3.05, 3.63) is 33.1 Å². The summed E-state index contributed by atoms with van der Waals surface area (Å²) in [5, 5.41) is 19.1. The second-order valence-electron chi connectivity index (χ2n) is 4.99. The monoisotopic (exact) mass is 256 g/mol. The summed E-state index contributed by atoms with van der Waals surface area (Å²) in [5.41, 5.74) is -1.85. The van der Waals surface area contributed by atoms with Crippen LogP contribution in [0.5, 0.6) is 0 Å². The summed E-state index contributed by atoms with van der Waals surface area (Å²) < 4.78 is 6.69. The predicted octanol–water partition coefficient (Wildman–Crippen LogP) is -1.19. The molecule has 0 spiro atoms. The van der Waals surface area contributed by atoms with Crippen LogP contribution < -0.4 is 11.2 Å². The molecule has 1 saturated heterocycles. The van der Waals surface area contributed by atoms with E-state index in [1.165, 1.54) is 16.8 Å². The molecule has 1 unspecified atom stereocenters. The first-order valence-electron chi connectivity index (χ1n) is 5.64. The van der Waals surface area contributed by atoms with E-state index in [1.54, 1.807) is 13.8 Å². The van der Waals surface area contributed by atoms with Gasteiger partial charge in [-0.05, 0) is 0 Å². The summed E-state index contributed by atoms with van der Waals surface area (Å²) in [7, 11) is 0. The number of rotatable bonds is 2. The number of H-pyrrole nitrogens is 1. The number of hydrogen-bond acceptors (Lipinski definition) is 5. The molecule has 1 fully saturated rings. The van der Waals surface area contributed by atoms with Crippen molar-refractivity contribution in [1.82, 2.24) is 9.55 Å². The highest BCUT2D eigenvalue weighted by atomic mass is 16.5. The molecule has 1 aliphatic rings. The molecule has 0 aromatic carbocycles. The molecule has 100 valence electrons. The molecule has 2 heterocycles. The molecule has 0 bridgehead atoms. The highest BCUT2D eigenvalue weighted by Crippen LogP contribution is 2.43. The van der Waals surface area contributed by atoms with Crippen molar-refractivity contribution in [3.63, 3.8) is 0 Å². The van der Waals surface area contributed by atoms with Gasteiger partial charge >= 0.3 is 5.69 Å². The summed E-state index contributed by atoms with van der Waals surface area (Å²) in [6, 6.07) is 1.21. The minimum Gasteiger partial charge on any atom is -0.394 e. The Kier molecular flexibility index (Phi) is 3.14. The third-order valence-corrected chi connectivity index (χ3v) is 3.34. The number of aromatic amines is 1. The van der Waals surface area contributed by atoms with E-state index >= 15 is 0 Å².